The van der Waals surface area contributed by atoms with Gasteiger partial charge in [0.05, 0.1) is 6.61 Å². The van der Waals surface area contributed by atoms with E-state index in [4.69, 9.17) is 26.0 Å². The summed E-state index contributed by atoms with van der Waals surface area (Å²) >= 11 is 0. The van der Waals surface area contributed by atoms with Gasteiger partial charge in [-0.3, -0.25) is 4.79 Å². The molecular formula is C10H25BCl2N2O5. The molecule has 0 aliphatic heterocycles. The van der Waals surface area contributed by atoms with E-state index < -0.39 is 18.6 Å². The number of nitrogens with two attached hydrogens (primary N) is 1. The van der Waals surface area contributed by atoms with E-state index in [2.05, 4.69) is 5.32 Å². The molecule has 0 rings (SSSR count). The Kier molecular flexibility index (Phi) is 15.7. The molecule has 0 aromatic carbocycles. The molecule has 0 aromatic rings. The number of aliphatic hydroxyl groups is 1. The molecule has 1 unspecified atom stereocenters. The van der Waals surface area contributed by atoms with Crippen LogP contribution >= 0.6 is 24.8 Å². The number of halogens is 2. The number of hydrogen-bond acceptors (Lipinski definition) is 6. The third kappa shape index (κ3) is 10.7. The molecule has 0 heterocycles. The molecule has 0 fully saturated rings. The molecule has 122 valence electrons. The van der Waals surface area contributed by atoms with E-state index in [0.717, 1.165) is 0 Å². The van der Waals surface area contributed by atoms with Crippen LogP contribution in [0.4, 0.5) is 0 Å². The Morgan fingerprint density at radius 3 is 2.30 bits per heavy atom. The number of hydrogen-bond donors (Lipinski definition) is 6. The van der Waals surface area contributed by atoms with Crippen LogP contribution < -0.4 is 11.1 Å². The monoisotopic (exact) mass is 334 g/mol. The van der Waals surface area contributed by atoms with E-state index in [9.17, 15) is 4.79 Å². The van der Waals surface area contributed by atoms with E-state index in [1.807, 2.05) is 0 Å². The molecule has 0 saturated heterocycles. The van der Waals surface area contributed by atoms with Gasteiger partial charge in [-0.2, -0.15) is 0 Å². The summed E-state index contributed by atoms with van der Waals surface area (Å²) in [6, 6.07) is -0.216. The number of unbranched alkanes of at least 4 members (excludes halogenated alkanes) is 1. The largest absolute Gasteiger partial charge is 0.480 e. The summed E-state index contributed by atoms with van der Waals surface area (Å²) in [6.45, 7) is 1.70. The van der Waals surface area contributed by atoms with E-state index in [0.29, 0.717) is 12.8 Å². The normalized spacial score (nSPS) is 14.4. The van der Waals surface area contributed by atoms with Crippen molar-refractivity contribution in [2.45, 2.75) is 44.1 Å². The predicted octanol–water partition coefficient (Wildman–Crippen LogP) is -0.774. The van der Waals surface area contributed by atoms with E-state index in [-0.39, 0.29) is 56.7 Å². The molecule has 0 spiro atoms. The summed E-state index contributed by atoms with van der Waals surface area (Å²) in [6.07, 6.45) is 1.44. The molecule has 7 nitrogen and oxygen atoms in total. The van der Waals surface area contributed by atoms with Crippen LogP contribution in [0.5, 0.6) is 0 Å². The SMILES string of the molecule is C[C@H](CO)NCC(N)(CCCCB(O)O)C(=O)O.Cl.Cl. The van der Waals surface area contributed by atoms with Crippen LogP contribution in [0.1, 0.15) is 26.2 Å². The number of carboxylic acid groups (broad SMARTS) is 1. The van der Waals surface area contributed by atoms with Gasteiger partial charge in [0.25, 0.3) is 0 Å². The van der Waals surface area contributed by atoms with Gasteiger partial charge >= 0.3 is 13.1 Å². The minimum absolute atomic E-state index is 0. The summed E-state index contributed by atoms with van der Waals surface area (Å²) in [4.78, 5) is 11.1. The minimum Gasteiger partial charge on any atom is -0.480 e. The molecule has 0 aliphatic carbocycles. The van der Waals surface area contributed by atoms with Crippen molar-refractivity contribution < 1.29 is 25.1 Å². The van der Waals surface area contributed by atoms with Crippen LogP contribution in [0.15, 0.2) is 0 Å². The van der Waals surface area contributed by atoms with Crippen LogP contribution in [0.2, 0.25) is 6.32 Å². The molecule has 2 atom stereocenters. The highest BCUT2D eigenvalue weighted by atomic mass is 35.5. The summed E-state index contributed by atoms with van der Waals surface area (Å²) in [5.74, 6) is -1.11. The maximum atomic E-state index is 11.1. The Labute approximate surface area is 131 Å². The number of nitrogens with one attached hydrogen (secondary N) is 1. The lowest BCUT2D eigenvalue weighted by Gasteiger charge is -2.26. The van der Waals surface area contributed by atoms with Crippen molar-refractivity contribution in [3.8, 4) is 0 Å². The Morgan fingerprint density at radius 2 is 1.90 bits per heavy atom. The number of rotatable bonds is 10. The Bertz CT molecular complexity index is 264. The van der Waals surface area contributed by atoms with Crippen molar-refractivity contribution in [1.82, 2.24) is 5.32 Å². The van der Waals surface area contributed by atoms with Crippen LogP contribution in [-0.4, -0.2) is 58.1 Å². The van der Waals surface area contributed by atoms with Gasteiger partial charge in [-0.05, 0) is 19.7 Å². The van der Waals surface area contributed by atoms with Gasteiger partial charge in [-0.25, -0.2) is 0 Å². The highest BCUT2D eigenvalue weighted by Gasteiger charge is 2.33. The van der Waals surface area contributed by atoms with Crippen molar-refractivity contribution in [2.24, 2.45) is 5.73 Å². The standard InChI is InChI=1S/C10H23BN2O5.2ClH/c1-8(6-14)13-7-10(12,9(15)16)4-2-3-5-11(17)18;;/h8,13-14,17-18H,2-7,12H2,1H3,(H,15,16);2*1H/t8-,10?;;/m1../s1. The van der Waals surface area contributed by atoms with Gasteiger partial charge < -0.3 is 31.3 Å². The fourth-order valence-electron chi connectivity index (χ4n) is 1.46. The molecule has 0 amide bonds. The van der Waals surface area contributed by atoms with Crippen LogP contribution in [0.3, 0.4) is 0 Å². The zero-order chi connectivity index (χ0) is 14.2. The van der Waals surface area contributed by atoms with Crippen LogP contribution in [0, 0.1) is 0 Å². The third-order valence-electron chi connectivity index (χ3n) is 2.80. The molecule has 0 bridgehead atoms. The molecule has 0 radical (unpaired) electrons. The first-order valence-corrected chi connectivity index (χ1v) is 6.04. The second kappa shape index (κ2) is 12.6. The fraction of sp³-hybridized carbons (Fsp3) is 0.900. The average molecular weight is 335 g/mol. The van der Waals surface area contributed by atoms with Crippen LogP contribution in [-0.2, 0) is 4.79 Å². The first kappa shape index (κ1) is 24.9. The van der Waals surface area contributed by atoms with Crippen molar-refractivity contribution in [2.75, 3.05) is 13.2 Å². The number of aliphatic hydroxyl groups excluding tert-OH is 1. The maximum absolute atomic E-state index is 11.1. The van der Waals surface area contributed by atoms with Gasteiger partial charge in [0.1, 0.15) is 5.54 Å². The zero-order valence-corrected chi connectivity index (χ0v) is 13.1. The average Bonchev–Trinajstić information content (AvgIpc) is 2.31. The van der Waals surface area contributed by atoms with Crippen molar-refractivity contribution in [1.29, 1.82) is 0 Å². The molecular weight excluding hydrogens is 310 g/mol. The van der Waals surface area contributed by atoms with E-state index >= 15 is 0 Å². The number of carbonyl (C=O) groups is 1. The third-order valence-corrected chi connectivity index (χ3v) is 2.80. The van der Waals surface area contributed by atoms with Gasteiger partial charge in [0.2, 0.25) is 0 Å². The second-order valence-corrected chi connectivity index (χ2v) is 4.65. The highest BCUT2D eigenvalue weighted by molar-refractivity contribution is 6.40. The number of carboxylic acids is 1. The van der Waals surface area contributed by atoms with Crippen molar-refractivity contribution in [3.05, 3.63) is 0 Å². The van der Waals surface area contributed by atoms with Crippen molar-refractivity contribution >= 4 is 37.9 Å². The second-order valence-electron chi connectivity index (χ2n) is 4.65. The minimum atomic E-state index is -1.40. The molecule has 0 aromatic heterocycles. The molecule has 0 saturated carbocycles. The molecule has 20 heavy (non-hydrogen) atoms. The summed E-state index contributed by atoms with van der Waals surface area (Å²) in [7, 11) is -1.37. The summed E-state index contributed by atoms with van der Waals surface area (Å²) < 4.78 is 0. The Morgan fingerprint density at radius 1 is 1.35 bits per heavy atom. The summed E-state index contributed by atoms with van der Waals surface area (Å²) in [5.41, 5.74) is 4.39. The smallest absolute Gasteiger partial charge is 0.451 e. The first-order chi connectivity index (χ1) is 8.31. The first-order valence-electron chi connectivity index (χ1n) is 6.04. The van der Waals surface area contributed by atoms with Gasteiger partial charge in [-0.15, -0.1) is 24.8 Å². The number of aliphatic carboxylic acids is 1. The molecule has 7 N–H and O–H groups in total. The van der Waals surface area contributed by atoms with Crippen LogP contribution in [0.25, 0.3) is 0 Å². The lowest BCUT2D eigenvalue weighted by molar-refractivity contribution is -0.143. The highest BCUT2D eigenvalue weighted by Crippen LogP contribution is 2.13. The lowest BCUT2D eigenvalue weighted by Crippen LogP contribution is -2.56. The predicted molar refractivity (Wildman–Crippen MR) is 82.5 cm³/mol. The van der Waals surface area contributed by atoms with E-state index in [1.54, 1.807) is 6.92 Å². The van der Waals surface area contributed by atoms with Gasteiger partial charge in [0.15, 0.2) is 0 Å². The molecule has 0 aliphatic rings. The van der Waals surface area contributed by atoms with Crippen molar-refractivity contribution in [3.63, 3.8) is 0 Å². The fourth-order valence-corrected chi connectivity index (χ4v) is 1.46. The Hall–Kier alpha value is -0.0851. The molecule has 10 heteroatoms. The quantitative estimate of drug-likeness (QED) is 0.228. The van der Waals surface area contributed by atoms with Gasteiger partial charge in [-0.1, -0.05) is 12.8 Å². The van der Waals surface area contributed by atoms with Gasteiger partial charge in [0, 0.05) is 12.6 Å². The topological polar surface area (TPSA) is 136 Å². The summed E-state index contributed by atoms with van der Waals surface area (Å²) in [5, 5.41) is 38.1. The Balaban J connectivity index is -0.00000144. The zero-order valence-electron chi connectivity index (χ0n) is 11.5. The van der Waals surface area contributed by atoms with E-state index in [1.165, 1.54) is 0 Å². The maximum Gasteiger partial charge on any atom is 0.451 e. The lowest BCUT2D eigenvalue weighted by atomic mass is 9.82.